The van der Waals surface area contributed by atoms with Gasteiger partial charge in [-0.3, -0.25) is 9.59 Å². The third kappa shape index (κ3) is 4.45. The second-order valence-electron chi connectivity index (χ2n) is 6.43. The van der Waals surface area contributed by atoms with E-state index >= 15 is 0 Å². The quantitative estimate of drug-likeness (QED) is 0.768. The van der Waals surface area contributed by atoms with Crippen molar-refractivity contribution in [3.05, 3.63) is 29.3 Å². The van der Waals surface area contributed by atoms with Crippen molar-refractivity contribution in [2.45, 2.75) is 30.6 Å². The van der Waals surface area contributed by atoms with Crippen molar-refractivity contribution in [1.82, 2.24) is 9.80 Å². The Hall–Kier alpha value is -1.20. The number of amides is 2. The fourth-order valence-corrected chi connectivity index (χ4v) is 4.30. The van der Waals surface area contributed by atoms with Gasteiger partial charge in [0.05, 0.1) is 5.75 Å². The minimum atomic E-state index is 0.142. The lowest BCUT2D eigenvalue weighted by Crippen LogP contribution is -2.52. The molecule has 1 aliphatic carbocycles. The Morgan fingerprint density at radius 1 is 1.00 bits per heavy atom. The molecule has 0 unspecified atom stereocenters. The Labute approximate surface area is 152 Å². The molecule has 2 aliphatic rings. The number of carbonyl (C=O) groups is 2. The van der Waals surface area contributed by atoms with Crippen molar-refractivity contribution < 1.29 is 9.59 Å². The molecule has 0 radical (unpaired) electrons. The molecule has 1 saturated heterocycles. The van der Waals surface area contributed by atoms with Crippen molar-refractivity contribution in [3.63, 3.8) is 0 Å². The van der Waals surface area contributed by atoms with E-state index in [-0.39, 0.29) is 11.8 Å². The Morgan fingerprint density at radius 2 is 1.58 bits per heavy atom. The molecular formula is C18H23ClN2O2S. The number of carbonyl (C=O) groups excluding carboxylic acids is 2. The van der Waals surface area contributed by atoms with Gasteiger partial charge in [0.25, 0.3) is 0 Å². The van der Waals surface area contributed by atoms with Gasteiger partial charge < -0.3 is 9.80 Å². The molecule has 0 spiro atoms. The predicted octanol–water partition coefficient (Wildman–Crippen LogP) is 3.29. The number of rotatable bonds is 4. The molecule has 24 heavy (non-hydrogen) atoms. The highest BCUT2D eigenvalue weighted by Crippen LogP contribution is 2.27. The molecule has 0 N–H and O–H groups in total. The number of hydrogen-bond acceptors (Lipinski definition) is 3. The largest absolute Gasteiger partial charge is 0.339 e. The molecule has 0 aromatic heterocycles. The number of halogens is 1. The van der Waals surface area contributed by atoms with Gasteiger partial charge in [-0.1, -0.05) is 24.4 Å². The van der Waals surface area contributed by atoms with Crippen LogP contribution in [0, 0.1) is 5.92 Å². The smallest absolute Gasteiger partial charge is 0.233 e. The van der Waals surface area contributed by atoms with Crippen LogP contribution < -0.4 is 0 Å². The molecule has 2 amide bonds. The van der Waals surface area contributed by atoms with Crippen LogP contribution in [-0.2, 0) is 9.59 Å². The molecular weight excluding hydrogens is 344 g/mol. The highest BCUT2D eigenvalue weighted by atomic mass is 35.5. The first-order valence-corrected chi connectivity index (χ1v) is 9.95. The summed E-state index contributed by atoms with van der Waals surface area (Å²) in [6.45, 7) is 2.65. The molecule has 1 aromatic rings. The Morgan fingerprint density at radius 3 is 2.21 bits per heavy atom. The van der Waals surface area contributed by atoms with E-state index in [1.165, 1.54) is 24.6 Å². The van der Waals surface area contributed by atoms with Crippen LogP contribution in [-0.4, -0.2) is 53.5 Å². The van der Waals surface area contributed by atoms with Crippen LogP contribution >= 0.6 is 23.4 Å². The summed E-state index contributed by atoms with van der Waals surface area (Å²) in [4.78, 5) is 29.6. The maximum absolute atomic E-state index is 12.4. The van der Waals surface area contributed by atoms with Gasteiger partial charge in [0, 0.05) is 42.0 Å². The molecule has 1 aliphatic heterocycles. The lowest BCUT2D eigenvalue weighted by molar-refractivity contribution is -0.141. The molecule has 1 aromatic carbocycles. The lowest BCUT2D eigenvalue weighted by atomic mass is 10.1. The molecule has 130 valence electrons. The van der Waals surface area contributed by atoms with E-state index < -0.39 is 0 Å². The van der Waals surface area contributed by atoms with Crippen LogP contribution in [0.2, 0.25) is 5.02 Å². The van der Waals surface area contributed by atoms with Gasteiger partial charge in [0.15, 0.2) is 0 Å². The summed E-state index contributed by atoms with van der Waals surface area (Å²) in [5, 5.41) is 0.703. The van der Waals surface area contributed by atoms with E-state index in [1.54, 1.807) is 0 Å². The van der Waals surface area contributed by atoms with Gasteiger partial charge in [0.1, 0.15) is 0 Å². The Bertz CT molecular complexity index is 579. The summed E-state index contributed by atoms with van der Waals surface area (Å²) < 4.78 is 0. The third-order valence-electron chi connectivity index (χ3n) is 4.82. The molecule has 6 heteroatoms. The van der Waals surface area contributed by atoms with Gasteiger partial charge in [-0.05, 0) is 37.1 Å². The first kappa shape index (κ1) is 17.6. The second kappa shape index (κ2) is 8.26. The average Bonchev–Trinajstić information content (AvgIpc) is 3.15. The normalized spacial score (nSPS) is 18.9. The molecule has 1 heterocycles. The maximum Gasteiger partial charge on any atom is 0.233 e. The fraction of sp³-hybridized carbons (Fsp3) is 0.556. The van der Waals surface area contributed by atoms with E-state index in [4.69, 9.17) is 11.6 Å². The number of hydrogen-bond donors (Lipinski definition) is 0. The molecule has 3 rings (SSSR count). The zero-order valence-corrected chi connectivity index (χ0v) is 15.3. The van der Waals surface area contributed by atoms with Crippen molar-refractivity contribution in [2.75, 3.05) is 31.9 Å². The standard InChI is InChI=1S/C18H23ClN2O2S/c19-15-5-7-16(8-6-15)24-13-17(22)20-9-11-21(12-10-20)18(23)14-3-1-2-4-14/h5-8,14H,1-4,9-13H2. The summed E-state index contributed by atoms with van der Waals surface area (Å²) in [5.74, 6) is 1.10. The first-order valence-electron chi connectivity index (χ1n) is 8.58. The predicted molar refractivity (Wildman–Crippen MR) is 97.3 cm³/mol. The number of nitrogens with zero attached hydrogens (tertiary/aromatic N) is 2. The maximum atomic E-state index is 12.4. The monoisotopic (exact) mass is 366 g/mol. The van der Waals surface area contributed by atoms with Gasteiger partial charge in [-0.2, -0.15) is 0 Å². The number of thioether (sulfide) groups is 1. The van der Waals surface area contributed by atoms with Crippen molar-refractivity contribution in [1.29, 1.82) is 0 Å². The minimum absolute atomic E-state index is 0.142. The molecule has 0 bridgehead atoms. The Balaban J connectivity index is 1.43. The lowest BCUT2D eigenvalue weighted by Gasteiger charge is -2.36. The summed E-state index contributed by atoms with van der Waals surface area (Å²) in [5.41, 5.74) is 0. The number of benzene rings is 1. The highest BCUT2D eigenvalue weighted by Gasteiger charge is 2.30. The van der Waals surface area contributed by atoms with E-state index in [0.717, 1.165) is 17.7 Å². The van der Waals surface area contributed by atoms with Crippen LogP contribution in [0.5, 0.6) is 0 Å². The Kier molecular flexibility index (Phi) is 6.06. The average molecular weight is 367 g/mol. The van der Waals surface area contributed by atoms with Crippen LogP contribution in [0.3, 0.4) is 0 Å². The SMILES string of the molecule is O=C(CSc1ccc(Cl)cc1)N1CCN(C(=O)C2CCCC2)CC1. The molecule has 1 saturated carbocycles. The van der Waals surface area contributed by atoms with Gasteiger partial charge in [-0.25, -0.2) is 0 Å². The van der Waals surface area contributed by atoms with E-state index in [2.05, 4.69) is 0 Å². The molecule has 2 fully saturated rings. The van der Waals surface area contributed by atoms with Gasteiger partial charge in [0.2, 0.25) is 11.8 Å². The highest BCUT2D eigenvalue weighted by molar-refractivity contribution is 8.00. The van der Waals surface area contributed by atoms with Crippen LogP contribution in [0.15, 0.2) is 29.2 Å². The van der Waals surface area contributed by atoms with Crippen molar-refractivity contribution in [2.24, 2.45) is 5.92 Å². The minimum Gasteiger partial charge on any atom is -0.339 e. The third-order valence-corrected chi connectivity index (χ3v) is 6.07. The summed E-state index contributed by atoms with van der Waals surface area (Å²) >= 11 is 7.39. The zero-order valence-electron chi connectivity index (χ0n) is 13.7. The van der Waals surface area contributed by atoms with E-state index in [1.807, 2.05) is 34.1 Å². The summed E-state index contributed by atoms with van der Waals surface area (Å²) in [7, 11) is 0. The van der Waals surface area contributed by atoms with Gasteiger partial charge in [-0.15, -0.1) is 11.8 Å². The van der Waals surface area contributed by atoms with E-state index in [0.29, 0.717) is 42.9 Å². The van der Waals surface area contributed by atoms with Crippen LogP contribution in [0.25, 0.3) is 0 Å². The van der Waals surface area contributed by atoms with Crippen molar-refractivity contribution in [3.8, 4) is 0 Å². The fourth-order valence-electron chi connectivity index (χ4n) is 3.37. The topological polar surface area (TPSA) is 40.6 Å². The second-order valence-corrected chi connectivity index (χ2v) is 7.92. The summed E-state index contributed by atoms with van der Waals surface area (Å²) in [6, 6.07) is 7.53. The van der Waals surface area contributed by atoms with E-state index in [9.17, 15) is 9.59 Å². The van der Waals surface area contributed by atoms with Crippen molar-refractivity contribution >= 4 is 35.2 Å². The number of piperazine rings is 1. The molecule has 4 nitrogen and oxygen atoms in total. The first-order chi connectivity index (χ1) is 11.6. The van der Waals surface area contributed by atoms with Gasteiger partial charge >= 0.3 is 0 Å². The molecule has 0 atom stereocenters. The zero-order chi connectivity index (χ0) is 16.9. The van der Waals surface area contributed by atoms with Crippen LogP contribution in [0.4, 0.5) is 0 Å². The van der Waals surface area contributed by atoms with Crippen LogP contribution in [0.1, 0.15) is 25.7 Å². The summed E-state index contributed by atoms with van der Waals surface area (Å²) in [6.07, 6.45) is 4.43.